The summed E-state index contributed by atoms with van der Waals surface area (Å²) < 4.78 is 2.04. The van der Waals surface area contributed by atoms with E-state index < -0.39 is 0 Å². The minimum Gasteiger partial charge on any atom is -0.398 e. The topological polar surface area (TPSA) is 46.2 Å². The molecule has 4 heteroatoms. The van der Waals surface area contributed by atoms with Gasteiger partial charge in [-0.25, -0.2) is 0 Å². The highest BCUT2D eigenvalue weighted by molar-refractivity contribution is 9.10. The average molecular weight is 258 g/mol. The van der Waals surface area contributed by atoms with E-state index in [0.29, 0.717) is 0 Å². The lowest BCUT2D eigenvalue weighted by molar-refractivity contribution is 0.283. The zero-order valence-corrected chi connectivity index (χ0v) is 9.15. The van der Waals surface area contributed by atoms with Gasteiger partial charge in [-0.05, 0) is 27.6 Å². The Morgan fingerprint density at radius 2 is 2.23 bits per heavy atom. The summed E-state index contributed by atoms with van der Waals surface area (Å²) in [7, 11) is 0. The molecule has 1 aromatic heterocycles. The van der Waals surface area contributed by atoms with Crippen LogP contribution in [0.15, 0.2) is 22.0 Å². The predicted molar refractivity (Wildman–Crippen MR) is 59.9 cm³/mol. The Morgan fingerprint density at radius 1 is 1.46 bits per heavy atom. The summed E-state index contributed by atoms with van der Waals surface area (Å²) in [6.45, 7) is 0.0477. The Morgan fingerprint density at radius 3 is 2.92 bits per heavy atom. The van der Waals surface area contributed by atoms with Crippen molar-refractivity contribution in [2.75, 3.05) is 5.73 Å². The maximum absolute atomic E-state index is 9.11. The maximum Gasteiger partial charge on any atom is 0.0688 e. The number of halogens is 1. The van der Waals surface area contributed by atoms with Gasteiger partial charge in [-0.3, -0.25) is 0 Å². The number of benzene rings is 1. The molecule has 0 saturated carbocycles. The Balaban J connectivity index is 2.88. The molecule has 0 bridgehead atoms. The molecule has 0 aliphatic carbocycles. The van der Waals surface area contributed by atoms with Gasteiger partial charge >= 0.3 is 0 Å². The lowest BCUT2D eigenvalue weighted by atomic mass is 10.1. The van der Waals surface area contributed by atoms with Crippen molar-refractivity contribution in [2.24, 2.45) is 0 Å². The van der Waals surface area contributed by atoms with Crippen LogP contribution < -0.4 is 5.73 Å². The first kappa shape index (κ1) is 8.99. The monoisotopic (exact) mass is 257 g/mol. The van der Waals surface area contributed by atoms with E-state index in [9.17, 15) is 0 Å². The molecule has 13 heavy (non-hydrogen) atoms. The van der Waals surface area contributed by atoms with Gasteiger partial charge in [-0.1, -0.05) is 6.07 Å². The molecule has 3 N–H and O–H groups in total. The highest BCUT2D eigenvalue weighted by atomic mass is 79.9. The third-order valence-electron chi connectivity index (χ3n) is 1.96. The van der Waals surface area contributed by atoms with Gasteiger partial charge in [0, 0.05) is 20.9 Å². The van der Waals surface area contributed by atoms with E-state index in [4.69, 9.17) is 10.8 Å². The molecule has 0 aliphatic heterocycles. The molecule has 0 amide bonds. The third kappa shape index (κ3) is 1.35. The average Bonchev–Trinajstić information content (AvgIpc) is 2.51. The molecule has 2 aromatic rings. The third-order valence-corrected chi connectivity index (χ3v) is 3.92. The molecular formula is C9H8BrNOS. The van der Waals surface area contributed by atoms with Gasteiger partial charge in [0.05, 0.1) is 11.3 Å². The molecule has 0 radical (unpaired) electrons. The van der Waals surface area contributed by atoms with Gasteiger partial charge in [0.2, 0.25) is 0 Å². The van der Waals surface area contributed by atoms with Crippen LogP contribution in [0.2, 0.25) is 0 Å². The molecular weight excluding hydrogens is 250 g/mol. The van der Waals surface area contributed by atoms with Crippen LogP contribution in [0.25, 0.3) is 10.1 Å². The normalized spacial score (nSPS) is 10.9. The molecule has 68 valence electrons. The van der Waals surface area contributed by atoms with Crippen LogP contribution in [-0.2, 0) is 6.61 Å². The largest absolute Gasteiger partial charge is 0.398 e. The van der Waals surface area contributed by atoms with Crippen molar-refractivity contribution in [3.63, 3.8) is 0 Å². The van der Waals surface area contributed by atoms with Crippen LogP contribution in [0.5, 0.6) is 0 Å². The first-order valence-corrected chi connectivity index (χ1v) is 5.46. The summed E-state index contributed by atoms with van der Waals surface area (Å²) >= 11 is 5.02. The first-order valence-electron chi connectivity index (χ1n) is 3.79. The lowest BCUT2D eigenvalue weighted by Crippen LogP contribution is -1.89. The van der Waals surface area contributed by atoms with Gasteiger partial charge in [0.1, 0.15) is 0 Å². The van der Waals surface area contributed by atoms with Crippen LogP contribution in [0, 0.1) is 0 Å². The van der Waals surface area contributed by atoms with E-state index in [-0.39, 0.29) is 6.61 Å². The van der Waals surface area contributed by atoms with E-state index in [2.05, 4.69) is 15.9 Å². The summed E-state index contributed by atoms with van der Waals surface area (Å²) in [5.74, 6) is 0. The van der Waals surface area contributed by atoms with Gasteiger partial charge in [0.15, 0.2) is 0 Å². The number of thiophene rings is 1. The fourth-order valence-corrected chi connectivity index (χ4v) is 3.10. The SMILES string of the molecule is Nc1ccc(CO)c2c(Br)csc12. The number of anilines is 1. The quantitative estimate of drug-likeness (QED) is 0.772. The Labute approximate surface area is 88.1 Å². The number of nitrogen functional groups attached to an aromatic ring is 1. The predicted octanol–water partition coefficient (Wildman–Crippen LogP) is 2.74. The Bertz CT molecular complexity index is 452. The molecule has 0 saturated heterocycles. The van der Waals surface area contributed by atoms with E-state index in [1.165, 1.54) is 0 Å². The fraction of sp³-hybridized carbons (Fsp3) is 0.111. The Kier molecular flexibility index (Phi) is 2.27. The van der Waals surface area contributed by atoms with Crippen LogP contribution in [0.1, 0.15) is 5.56 Å². The Hall–Kier alpha value is -0.580. The number of aliphatic hydroxyl groups is 1. The van der Waals surface area contributed by atoms with E-state index in [0.717, 1.165) is 25.8 Å². The van der Waals surface area contributed by atoms with Crippen LogP contribution in [0.3, 0.4) is 0 Å². The molecule has 1 aromatic carbocycles. The molecule has 0 spiro atoms. The first-order chi connectivity index (χ1) is 6.24. The number of aliphatic hydroxyl groups excluding tert-OH is 1. The second kappa shape index (κ2) is 3.29. The molecule has 2 rings (SSSR count). The number of nitrogens with two attached hydrogens (primary N) is 1. The fourth-order valence-electron chi connectivity index (χ4n) is 1.33. The molecule has 2 nitrogen and oxygen atoms in total. The van der Waals surface area contributed by atoms with Gasteiger partial charge in [-0.15, -0.1) is 11.3 Å². The van der Waals surface area contributed by atoms with Crippen LogP contribution in [0.4, 0.5) is 5.69 Å². The molecule has 0 fully saturated rings. The van der Waals surface area contributed by atoms with Gasteiger partial charge in [-0.2, -0.15) is 0 Å². The maximum atomic E-state index is 9.11. The number of fused-ring (bicyclic) bond motifs is 1. The van der Waals surface area contributed by atoms with Gasteiger partial charge in [0.25, 0.3) is 0 Å². The van der Waals surface area contributed by atoms with E-state index in [1.807, 2.05) is 17.5 Å². The van der Waals surface area contributed by atoms with Crippen LogP contribution >= 0.6 is 27.3 Å². The standard InChI is InChI=1S/C9H8BrNOS/c10-6-4-13-9-7(11)2-1-5(3-12)8(6)9/h1-2,4,12H,3,11H2. The summed E-state index contributed by atoms with van der Waals surface area (Å²) in [6.07, 6.45) is 0. The van der Waals surface area contributed by atoms with Crippen molar-refractivity contribution in [2.45, 2.75) is 6.61 Å². The van der Waals surface area contributed by atoms with Crippen molar-refractivity contribution >= 4 is 43.0 Å². The lowest BCUT2D eigenvalue weighted by Gasteiger charge is -2.01. The van der Waals surface area contributed by atoms with Crippen molar-refractivity contribution < 1.29 is 5.11 Å². The minimum atomic E-state index is 0.0477. The molecule has 0 atom stereocenters. The second-order valence-electron chi connectivity index (χ2n) is 2.76. The highest BCUT2D eigenvalue weighted by Gasteiger charge is 2.08. The number of hydrogen-bond acceptors (Lipinski definition) is 3. The van der Waals surface area contributed by atoms with E-state index in [1.54, 1.807) is 11.3 Å². The van der Waals surface area contributed by atoms with E-state index >= 15 is 0 Å². The zero-order chi connectivity index (χ0) is 9.42. The molecule has 1 heterocycles. The summed E-state index contributed by atoms with van der Waals surface area (Å²) in [6, 6.07) is 3.69. The number of hydrogen-bond donors (Lipinski definition) is 2. The number of rotatable bonds is 1. The summed E-state index contributed by atoms with van der Waals surface area (Å²) in [5, 5.41) is 12.1. The van der Waals surface area contributed by atoms with Crippen molar-refractivity contribution in [1.29, 1.82) is 0 Å². The summed E-state index contributed by atoms with van der Waals surface area (Å²) in [5.41, 5.74) is 7.48. The van der Waals surface area contributed by atoms with Crippen molar-refractivity contribution in [3.8, 4) is 0 Å². The van der Waals surface area contributed by atoms with Gasteiger partial charge < -0.3 is 10.8 Å². The second-order valence-corrected chi connectivity index (χ2v) is 4.49. The molecule has 0 unspecified atom stereocenters. The summed E-state index contributed by atoms with van der Waals surface area (Å²) in [4.78, 5) is 0. The minimum absolute atomic E-state index is 0.0477. The van der Waals surface area contributed by atoms with Crippen LogP contribution in [-0.4, -0.2) is 5.11 Å². The highest BCUT2D eigenvalue weighted by Crippen LogP contribution is 2.36. The molecule has 0 aliphatic rings. The van der Waals surface area contributed by atoms with Crippen molar-refractivity contribution in [1.82, 2.24) is 0 Å². The smallest absolute Gasteiger partial charge is 0.0688 e. The van der Waals surface area contributed by atoms with Crippen molar-refractivity contribution in [3.05, 3.63) is 27.5 Å². The zero-order valence-electron chi connectivity index (χ0n) is 6.75.